The Balaban J connectivity index is 1.93. The van der Waals surface area contributed by atoms with Gasteiger partial charge in [-0.2, -0.15) is 0 Å². The molecule has 1 aliphatic heterocycles. The molecule has 0 spiro atoms. The van der Waals surface area contributed by atoms with Crippen LogP contribution >= 0.6 is 0 Å². The lowest BCUT2D eigenvalue weighted by Gasteiger charge is -2.39. The summed E-state index contributed by atoms with van der Waals surface area (Å²) in [6, 6.07) is 3.50. The summed E-state index contributed by atoms with van der Waals surface area (Å²) in [5, 5.41) is 2.49. The lowest BCUT2D eigenvalue weighted by atomic mass is 9.80. The topological polar surface area (TPSA) is 137 Å². The highest BCUT2D eigenvalue weighted by Gasteiger charge is 2.49. The fraction of sp³-hybridized carbons (Fsp3) is 0.400. The molecule has 3 rings (SSSR count). The van der Waals surface area contributed by atoms with Crippen molar-refractivity contribution >= 4 is 27.3 Å². The summed E-state index contributed by atoms with van der Waals surface area (Å²) in [5.74, 6) is -1.93. The summed E-state index contributed by atoms with van der Waals surface area (Å²) in [5.41, 5.74) is 3.99. The molecule has 2 atom stereocenters. The molecule has 0 aliphatic carbocycles. The molecule has 3 N–H and O–H groups in total. The number of halogens is 3. The number of nitrogens with zero attached hydrogens (tertiary/aromatic N) is 3. The number of anilines is 1. The van der Waals surface area contributed by atoms with Crippen LogP contribution in [-0.2, 0) is 15.4 Å². The Labute approximate surface area is 188 Å². The molecule has 0 unspecified atom stereocenters. The predicted molar refractivity (Wildman–Crippen MR) is 115 cm³/mol. The zero-order valence-corrected chi connectivity index (χ0v) is 18.6. The summed E-state index contributed by atoms with van der Waals surface area (Å²) >= 11 is 0. The van der Waals surface area contributed by atoms with Crippen molar-refractivity contribution in [2.45, 2.75) is 30.1 Å². The molecule has 1 aliphatic rings. The number of carbonyl (C=O) groups excluding carboxylic acids is 1. The number of alkyl halides is 2. The molecule has 33 heavy (non-hydrogen) atoms. The summed E-state index contributed by atoms with van der Waals surface area (Å²) in [6.07, 6.45) is 2.94. The maximum Gasteiger partial charge on any atom is 0.275 e. The number of aromatic nitrogens is 2. The van der Waals surface area contributed by atoms with E-state index in [1.54, 1.807) is 0 Å². The normalized spacial score (nSPS) is 23.0. The van der Waals surface area contributed by atoms with E-state index in [1.165, 1.54) is 19.1 Å². The van der Waals surface area contributed by atoms with E-state index in [4.69, 9.17) is 5.73 Å². The van der Waals surface area contributed by atoms with Gasteiger partial charge >= 0.3 is 0 Å². The lowest BCUT2D eigenvalue weighted by molar-refractivity contribution is 0.102. The third-order valence-corrected chi connectivity index (χ3v) is 7.77. The van der Waals surface area contributed by atoms with Gasteiger partial charge in [-0.05, 0) is 38.0 Å². The van der Waals surface area contributed by atoms with Crippen LogP contribution in [0.1, 0.15) is 35.8 Å². The van der Waals surface area contributed by atoms with E-state index in [0.717, 1.165) is 24.7 Å². The van der Waals surface area contributed by atoms with Crippen LogP contribution in [0.2, 0.25) is 0 Å². The van der Waals surface area contributed by atoms with Crippen LogP contribution in [0.15, 0.2) is 35.6 Å². The number of amidine groups is 1. The van der Waals surface area contributed by atoms with Crippen molar-refractivity contribution in [1.82, 2.24) is 9.97 Å². The van der Waals surface area contributed by atoms with E-state index < -0.39 is 45.4 Å². The van der Waals surface area contributed by atoms with Crippen molar-refractivity contribution in [3.05, 3.63) is 47.7 Å². The van der Waals surface area contributed by atoms with Crippen LogP contribution in [0.3, 0.4) is 0 Å². The van der Waals surface area contributed by atoms with E-state index >= 15 is 0 Å². The molecule has 9 nitrogen and oxygen atoms in total. The van der Waals surface area contributed by atoms with Gasteiger partial charge in [0.1, 0.15) is 34.3 Å². The Morgan fingerprint density at radius 1 is 1.24 bits per heavy atom. The molecule has 2 heterocycles. The second kappa shape index (κ2) is 8.96. The number of nitrogens with one attached hydrogen (secondary N) is 1. The minimum atomic E-state index is -3.66. The first-order valence-corrected chi connectivity index (χ1v) is 11.6. The SMILES string of the molecule is C[C@@]1(S(C)(=O)=O)CC[C@@](CF)(c2cc(NC(=O)c3cnc(OCF)cn3)ccc2F)N=C1N. The van der Waals surface area contributed by atoms with Crippen molar-refractivity contribution in [3.8, 4) is 5.88 Å². The Bertz CT molecular complexity index is 1190. The molecule has 0 saturated carbocycles. The third-order valence-electron chi connectivity index (χ3n) is 5.72. The number of ether oxygens (including phenoxy) is 1. The standard InChI is InChI=1S/C20H22F3N5O4S/c1-19(33(2,30)31)5-6-20(10-21,28-18(19)24)13-7-12(3-4-14(13)23)27-17(29)15-8-26-16(9-25-15)32-11-22/h3-4,7-9H,5-6,10-11H2,1-2H3,(H2,24,28)(H,27,29)/t19-,20-/m1/s1. The number of aliphatic imine (C=N–C) groups is 1. The first-order valence-electron chi connectivity index (χ1n) is 9.69. The largest absolute Gasteiger partial charge is 0.445 e. The second-order valence-electron chi connectivity index (χ2n) is 7.81. The molecule has 178 valence electrons. The quantitative estimate of drug-likeness (QED) is 0.614. The lowest BCUT2D eigenvalue weighted by Crippen LogP contribution is -2.53. The highest BCUT2D eigenvalue weighted by molar-refractivity contribution is 7.92. The maximum atomic E-state index is 14.7. The van der Waals surface area contributed by atoms with Crippen LogP contribution in [0.5, 0.6) is 5.88 Å². The summed E-state index contributed by atoms with van der Waals surface area (Å²) in [4.78, 5) is 24.1. The van der Waals surface area contributed by atoms with Crippen molar-refractivity contribution in [2.24, 2.45) is 10.7 Å². The van der Waals surface area contributed by atoms with Crippen LogP contribution in [0.25, 0.3) is 0 Å². The summed E-state index contributed by atoms with van der Waals surface area (Å²) in [7, 11) is -3.66. The molecule has 1 amide bonds. The minimum Gasteiger partial charge on any atom is -0.445 e. The van der Waals surface area contributed by atoms with E-state index in [2.05, 4.69) is 25.0 Å². The molecule has 0 fully saturated rings. The molecule has 1 aromatic heterocycles. The first kappa shape index (κ1) is 24.4. The smallest absolute Gasteiger partial charge is 0.275 e. The van der Waals surface area contributed by atoms with Crippen LogP contribution in [0, 0.1) is 5.82 Å². The monoisotopic (exact) mass is 485 g/mol. The highest BCUT2D eigenvalue weighted by atomic mass is 32.2. The summed E-state index contributed by atoms with van der Waals surface area (Å²) in [6.45, 7) is -0.851. The second-order valence-corrected chi connectivity index (χ2v) is 10.3. The molecule has 1 aromatic carbocycles. The average molecular weight is 485 g/mol. The molecule has 0 radical (unpaired) electrons. The zero-order valence-electron chi connectivity index (χ0n) is 17.8. The van der Waals surface area contributed by atoms with Gasteiger partial charge in [-0.1, -0.05) is 0 Å². The van der Waals surface area contributed by atoms with Gasteiger partial charge in [0.05, 0.1) is 12.4 Å². The van der Waals surface area contributed by atoms with Crippen LogP contribution in [0.4, 0.5) is 18.9 Å². The third kappa shape index (κ3) is 4.63. The van der Waals surface area contributed by atoms with Gasteiger partial charge < -0.3 is 15.8 Å². The van der Waals surface area contributed by atoms with Crippen molar-refractivity contribution < 1.29 is 31.1 Å². The number of hydrogen-bond donors (Lipinski definition) is 2. The number of rotatable bonds is 7. The van der Waals surface area contributed by atoms with Gasteiger partial charge in [-0.15, -0.1) is 0 Å². The Morgan fingerprint density at radius 2 is 1.97 bits per heavy atom. The van der Waals surface area contributed by atoms with Gasteiger partial charge in [0.2, 0.25) is 12.7 Å². The maximum absolute atomic E-state index is 14.7. The molecule has 0 bridgehead atoms. The fourth-order valence-corrected chi connectivity index (χ4v) is 4.33. The number of sulfone groups is 1. The number of nitrogens with two attached hydrogens (primary N) is 1. The van der Waals surface area contributed by atoms with E-state index in [0.29, 0.717) is 0 Å². The van der Waals surface area contributed by atoms with E-state index in [-0.39, 0.29) is 41.5 Å². The van der Waals surface area contributed by atoms with Crippen molar-refractivity contribution in [1.29, 1.82) is 0 Å². The van der Waals surface area contributed by atoms with Crippen LogP contribution < -0.4 is 15.8 Å². The molecule has 13 heteroatoms. The van der Waals surface area contributed by atoms with Gasteiger partial charge in [0.25, 0.3) is 5.91 Å². The predicted octanol–water partition coefficient (Wildman–Crippen LogP) is 2.29. The van der Waals surface area contributed by atoms with Crippen LogP contribution in [-0.4, -0.2) is 54.7 Å². The number of amides is 1. The Morgan fingerprint density at radius 3 is 2.52 bits per heavy atom. The highest BCUT2D eigenvalue weighted by Crippen LogP contribution is 2.42. The molecular weight excluding hydrogens is 463 g/mol. The average Bonchev–Trinajstić information content (AvgIpc) is 2.77. The van der Waals surface area contributed by atoms with Crippen molar-refractivity contribution in [3.63, 3.8) is 0 Å². The zero-order chi connectivity index (χ0) is 24.4. The van der Waals surface area contributed by atoms with E-state index in [1.807, 2.05) is 0 Å². The van der Waals surface area contributed by atoms with Gasteiger partial charge in [-0.3, -0.25) is 9.79 Å². The minimum absolute atomic E-state index is 0.0655. The molecular formula is C20H22F3N5O4S. The summed E-state index contributed by atoms with van der Waals surface area (Å²) < 4.78 is 68.5. The number of hydrogen-bond acceptors (Lipinski definition) is 8. The number of carbonyl (C=O) groups is 1. The molecule has 2 aromatic rings. The first-order chi connectivity index (χ1) is 15.5. The van der Waals surface area contributed by atoms with Crippen molar-refractivity contribution in [2.75, 3.05) is 25.1 Å². The van der Waals surface area contributed by atoms with Gasteiger partial charge in [0.15, 0.2) is 9.84 Å². The number of benzene rings is 1. The van der Waals surface area contributed by atoms with E-state index in [9.17, 15) is 26.4 Å². The Hall–Kier alpha value is -3.22. The van der Waals surface area contributed by atoms with Gasteiger partial charge in [0, 0.05) is 17.5 Å². The molecule has 0 saturated heterocycles. The van der Waals surface area contributed by atoms with Gasteiger partial charge in [-0.25, -0.2) is 31.6 Å². The Kier molecular flexibility index (Phi) is 6.63. The fourth-order valence-electron chi connectivity index (χ4n) is 3.44.